The molecule has 1 aromatic rings. The van der Waals surface area contributed by atoms with Gasteiger partial charge in [-0.25, -0.2) is 4.39 Å². The summed E-state index contributed by atoms with van der Waals surface area (Å²) in [4.78, 5) is 10.4. The fraction of sp³-hybridized carbons (Fsp3) is 0.100. The van der Waals surface area contributed by atoms with E-state index in [1.807, 2.05) is 0 Å². The molecule has 0 radical (unpaired) electrons. The quantitative estimate of drug-likeness (QED) is 0.560. The van der Waals surface area contributed by atoms with E-state index in [1.54, 1.807) is 0 Å². The van der Waals surface area contributed by atoms with Gasteiger partial charge in [-0.2, -0.15) is 0 Å². The number of hydrogen-bond acceptors (Lipinski definition) is 2. The second-order valence-corrected chi connectivity index (χ2v) is 3.15. The van der Waals surface area contributed by atoms with Gasteiger partial charge in [-0.15, -0.1) is 0 Å². The minimum Gasteiger partial charge on any atom is -0.396 e. The second kappa shape index (κ2) is 4.67. The highest BCUT2D eigenvalue weighted by Crippen LogP contribution is 2.23. The molecule has 0 aliphatic rings. The highest BCUT2D eigenvalue weighted by atomic mass is 35.5. The summed E-state index contributed by atoms with van der Waals surface area (Å²) >= 11 is 5.64. The molecule has 0 saturated heterocycles. The van der Waals surface area contributed by atoms with E-state index in [0.717, 1.165) is 0 Å². The van der Waals surface area contributed by atoms with Crippen molar-refractivity contribution in [3.63, 3.8) is 0 Å². The van der Waals surface area contributed by atoms with Gasteiger partial charge in [0.2, 0.25) is 5.91 Å². The van der Waals surface area contributed by atoms with E-state index >= 15 is 0 Å². The highest BCUT2D eigenvalue weighted by molar-refractivity contribution is 6.32. The van der Waals surface area contributed by atoms with Gasteiger partial charge in [0.05, 0.1) is 17.1 Å². The average Bonchev–Trinajstić information content (AvgIpc) is 2.18. The Morgan fingerprint density at radius 1 is 1.53 bits per heavy atom. The van der Waals surface area contributed by atoms with E-state index in [4.69, 9.17) is 23.1 Å². The molecule has 15 heavy (non-hydrogen) atoms. The first-order chi connectivity index (χ1) is 7.02. The fourth-order valence-electron chi connectivity index (χ4n) is 0.887. The molecule has 78 valence electrons. The lowest BCUT2D eigenvalue weighted by molar-refractivity contribution is -0.117. The molecule has 1 aromatic carbocycles. The minimum atomic E-state index is -0.706. The molecule has 1 amide bonds. The van der Waals surface area contributed by atoms with Crippen LogP contribution in [0.2, 0.25) is 5.02 Å². The van der Waals surface area contributed by atoms with E-state index < -0.39 is 11.7 Å². The van der Waals surface area contributed by atoms with Crippen molar-refractivity contribution in [2.75, 3.05) is 5.73 Å². The van der Waals surface area contributed by atoms with Crippen molar-refractivity contribution in [3.05, 3.63) is 28.5 Å². The van der Waals surface area contributed by atoms with Crippen LogP contribution >= 0.6 is 11.6 Å². The van der Waals surface area contributed by atoms with Crippen LogP contribution in [-0.2, 0) is 4.79 Å². The van der Waals surface area contributed by atoms with E-state index in [0.29, 0.717) is 0 Å². The number of carbonyl (C=O) groups is 1. The van der Waals surface area contributed by atoms with Crippen LogP contribution in [0, 0.1) is 17.7 Å². The van der Waals surface area contributed by atoms with Gasteiger partial charge in [0.1, 0.15) is 0 Å². The molecule has 0 bridgehead atoms. The Kier molecular flexibility index (Phi) is 3.53. The van der Waals surface area contributed by atoms with Gasteiger partial charge < -0.3 is 11.5 Å². The summed E-state index contributed by atoms with van der Waals surface area (Å²) in [5, 5.41) is -0.146. The topological polar surface area (TPSA) is 69.1 Å². The Bertz CT molecular complexity index is 462. The molecule has 1 rings (SSSR count). The van der Waals surface area contributed by atoms with Crippen LogP contribution in [0.1, 0.15) is 12.0 Å². The molecule has 0 aromatic heterocycles. The van der Waals surface area contributed by atoms with Crippen LogP contribution in [0.5, 0.6) is 0 Å². The van der Waals surface area contributed by atoms with Crippen molar-refractivity contribution in [2.45, 2.75) is 6.42 Å². The van der Waals surface area contributed by atoms with Crippen LogP contribution in [-0.4, -0.2) is 5.91 Å². The van der Waals surface area contributed by atoms with E-state index in [2.05, 4.69) is 11.8 Å². The monoisotopic (exact) mass is 226 g/mol. The summed E-state index contributed by atoms with van der Waals surface area (Å²) in [5.41, 5.74) is 10.4. The van der Waals surface area contributed by atoms with Gasteiger partial charge in [0, 0.05) is 5.56 Å². The van der Waals surface area contributed by atoms with Crippen LogP contribution < -0.4 is 11.5 Å². The van der Waals surface area contributed by atoms with E-state index in [9.17, 15) is 9.18 Å². The van der Waals surface area contributed by atoms with Crippen LogP contribution in [0.15, 0.2) is 12.1 Å². The molecule has 4 N–H and O–H groups in total. The zero-order chi connectivity index (χ0) is 11.4. The van der Waals surface area contributed by atoms with Crippen LogP contribution in [0.25, 0.3) is 0 Å². The molecule has 3 nitrogen and oxygen atoms in total. The maximum Gasteiger partial charge on any atom is 0.229 e. The van der Waals surface area contributed by atoms with Crippen molar-refractivity contribution in [1.29, 1.82) is 0 Å². The summed E-state index contributed by atoms with van der Waals surface area (Å²) in [6, 6.07) is 2.84. The van der Waals surface area contributed by atoms with Crippen molar-refractivity contribution in [2.24, 2.45) is 5.73 Å². The van der Waals surface area contributed by atoms with Crippen molar-refractivity contribution in [1.82, 2.24) is 0 Å². The number of hydrogen-bond donors (Lipinski definition) is 2. The Hall–Kier alpha value is -1.73. The first kappa shape index (κ1) is 11.3. The maximum atomic E-state index is 13.2. The Morgan fingerprint density at radius 3 is 2.80 bits per heavy atom. The summed E-state index contributed by atoms with van der Waals surface area (Å²) in [5.74, 6) is 3.75. The minimum absolute atomic E-state index is 0.0412. The first-order valence-electron chi connectivity index (χ1n) is 4.03. The zero-order valence-electron chi connectivity index (χ0n) is 7.68. The fourth-order valence-corrected chi connectivity index (χ4v) is 1.11. The normalized spacial score (nSPS) is 9.20. The third-order valence-corrected chi connectivity index (χ3v) is 1.97. The maximum absolute atomic E-state index is 13.2. The number of amides is 1. The molecule has 0 aliphatic carbocycles. The average molecular weight is 227 g/mol. The molecule has 5 heteroatoms. The van der Waals surface area contributed by atoms with E-state index in [1.165, 1.54) is 12.1 Å². The number of rotatable bonds is 1. The number of benzene rings is 1. The van der Waals surface area contributed by atoms with Crippen LogP contribution in [0.3, 0.4) is 0 Å². The molecule has 0 atom stereocenters. The molecule has 0 fully saturated rings. The number of anilines is 1. The first-order valence-corrected chi connectivity index (χ1v) is 4.41. The summed E-state index contributed by atoms with van der Waals surface area (Å²) in [6.45, 7) is 0. The Labute approximate surface area is 91.2 Å². The molecular formula is C10H8ClFN2O. The van der Waals surface area contributed by atoms with E-state index in [-0.39, 0.29) is 22.7 Å². The molecular weight excluding hydrogens is 219 g/mol. The highest BCUT2D eigenvalue weighted by Gasteiger charge is 2.07. The lowest BCUT2D eigenvalue weighted by Gasteiger charge is -2.00. The van der Waals surface area contributed by atoms with Gasteiger partial charge in [-0.3, -0.25) is 4.79 Å². The van der Waals surface area contributed by atoms with Gasteiger partial charge >= 0.3 is 0 Å². The smallest absolute Gasteiger partial charge is 0.229 e. The molecule has 0 spiro atoms. The number of carbonyl (C=O) groups excluding carboxylic acids is 1. The summed E-state index contributed by atoms with van der Waals surface area (Å²) in [6.07, 6.45) is -0.0949. The molecule has 0 unspecified atom stereocenters. The summed E-state index contributed by atoms with van der Waals surface area (Å²) < 4.78 is 13.2. The number of nitrogens with two attached hydrogens (primary N) is 2. The molecule has 0 heterocycles. The number of nitrogen functional groups attached to an aromatic ring is 1. The van der Waals surface area contributed by atoms with Crippen molar-refractivity contribution in [3.8, 4) is 11.8 Å². The molecule has 0 aliphatic heterocycles. The number of primary amides is 1. The SMILES string of the molecule is NC(=O)CC#Cc1ccc(N)c(F)c1Cl. The third kappa shape index (κ3) is 2.86. The lowest BCUT2D eigenvalue weighted by atomic mass is 10.2. The van der Waals surface area contributed by atoms with Gasteiger partial charge in [0.15, 0.2) is 5.82 Å². The number of halogens is 2. The zero-order valence-corrected chi connectivity index (χ0v) is 8.44. The second-order valence-electron chi connectivity index (χ2n) is 2.78. The third-order valence-electron chi connectivity index (χ3n) is 1.60. The largest absolute Gasteiger partial charge is 0.396 e. The Balaban J connectivity index is 3.00. The van der Waals surface area contributed by atoms with Gasteiger partial charge in [-0.1, -0.05) is 23.4 Å². The van der Waals surface area contributed by atoms with Crippen molar-refractivity contribution < 1.29 is 9.18 Å². The lowest BCUT2D eigenvalue weighted by Crippen LogP contribution is -2.08. The van der Waals surface area contributed by atoms with Gasteiger partial charge in [-0.05, 0) is 12.1 Å². The van der Waals surface area contributed by atoms with Crippen molar-refractivity contribution >= 4 is 23.2 Å². The molecule has 0 saturated carbocycles. The predicted molar refractivity (Wildman–Crippen MR) is 56.5 cm³/mol. The van der Waals surface area contributed by atoms with Gasteiger partial charge in [0.25, 0.3) is 0 Å². The Morgan fingerprint density at radius 2 is 2.20 bits per heavy atom. The standard InChI is InChI=1S/C10H8ClFN2O/c11-9-6(2-1-3-8(14)15)4-5-7(13)10(9)12/h4-5H,3,13H2,(H2,14,15). The van der Waals surface area contributed by atoms with Crippen LogP contribution in [0.4, 0.5) is 10.1 Å². The summed E-state index contributed by atoms with van der Waals surface area (Å²) in [7, 11) is 0. The predicted octanol–water partition coefficient (Wildman–Crippen LogP) is 1.29.